The van der Waals surface area contributed by atoms with Gasteiger partial charge >= 0.3 is 0 Å². The van der Waals surface area contributed by atoms with Crippen molar-refractivity contribution in [3.63, 3.8) is 0 Å². The van der Waals surface area contributed by atoms with Crippen molar-refractivity contribution in [1.82, 2.24) is 5.32 Å². The van der Waals surface area contributed by atoms with Crippen LogP contribution in [0.4, 0.5) is 0 Å². The van der Waals surface area contributed by atoms with Crippen LogP contribution in [0.2, 0.25) is 0 Å². The minimum absolute atomic E-state index is 0.0161. The number of amides is 1. The average Bonchev–Trinajstić information content (AvgIpc) is 2.38. The van der Waals surface area contributed by atoms with Gasteiger partial charge in [0.15, 0.2) is 6.61 Å². The molecule has 1 saturated carbocycles. The minimum atomic E-state index is -0.0161. The molecule has 19 heavy (non-hydrogen) atoms. The Hall–Kier alpha value is -0.780. The molecule has 1 fully saturated rings. The molecular formula is C15H20INO2. The molecule has 2 rings (SSSR count). The lowest BCUT2D eigenvalue weighted by atomic mass is 9.87. The second-order valence-electron chi connectivity index (χ2n) is 5.28. The molecule has 0 bridgehead atoms. The Bertz CT molecular complexity index is 419. The van der Waals surface area contributed by atoms with Crippen molar-refractivity contribution in [2.45, 2.75) is 38.6 Å². The number of hydrogen-bond acceptors (Lipinski definition) is 2. The monoisotopic (exact) mass is 373 g/mol. The molecule has 3 nitrogen and oxygen atoms in total. The summed E-state index contributed by atoms with van der Waals surface area (Å²) in [6, 6.07) is 8.04. The first kappa shape index (κ1) is 14.6. The summed E-state index contributed by atoms with van der Waals surface area (Å²) in [5.74, 6) is 1.45. The van der Waals surface area contributed by atoms with E-state index >= 15 is 0 Å². The van der Waals surface area contributed by atoms with Gasteiger partial charge < -0.3 is 10.1 Å². The number of nitrogens with one attached hydrogen (secondary N) is 1. The van der Waals surface area contributed by atoms with Crippen molar-refractivity contribution in [2.24, 2.45) is 5.92 Å². The molecule has 2 atom stereocenters. The van der Waals surface area contributed by atoms with Crippen LogP contribution in [0.15, 0.2) is 24.3 Å². The Kier molecular flexibility index (Phi) is 5.48. The van der Waals surface area contributed by atoms with Gasteiger partial charge in [0.25, 0.3) is 5.91 Å². The number of carbonyl (C=O) groups is 1. The fourth-order valence-electron chi connectivity index (χ4n) is 2.51. The van der Waals surface area contributed by atoms with Crippen LogP contribution in [0.5, 0.6) is 5.75 Å². The van der Waals surface area contributed by atoms with Crippen LogP contribution in [-0.4, -0.2) is 18.6 Å². The lowest BCUT2D eigenvalue weighted by Crippen LogP contribution is -2.40. The molecule has 0 heterocycles. The van der Waals surface area contributed by atoms with Crippen molar-refractivity contribution >= 4 is 28.5 Å². The van der Waals surface area contributed by atoms with Gasteiger partial charge in [-0.15, -0.1) is 0 Å². The number of ether oxygens (including phenoxy) is 1. The van der Waals surface area contributed by atoms with Gasteiger partial charge in [-0.3, -0.25) is 4.79 Å². The molecule has 1 aliphatic carbocycles. The average molecular weight is 373 g/mol. The third kappa shape index (κ3) is 5.01. The number of hydrogen-bond donors (Lipinski definition) is 1. The summed E-state index contributed by atoms with van der Waals surface area (Å²) in [6.45, 7) is 2.35. The Balaban J connectivity index is 1.73. The third-order valence-corrected chi connectivity index (χ3v) is 4.20. The summed E-state index contributed by atoms with van der Waals surface area (Å²) in [6.07, 6.45) is 4.69. The summed E-state index contributed by atoms with van der Waals surface area (Å²) < 4.78 is 6.63. The van der Waals surface area contributed by atoms with E-state index in [1.165, 1.54) is 12.8 Å². The summed E-state index contributed by atoms with van der Waals surface area (Å²) >= 11 is 2.24. The number of carbonyl (C=O) groups excluding carboxylic acids is 1. The largest absolute Gasteiger partial charge is 0.484 e. The van der Waals surface area contributed by atoms with E-state index in [1.54, 1.807) is 0 Å². The van der Waals surface area contributed by atoms with E-state index in [1.807, 2.05) is 24.3 Å². The van der Waals surface area contributed by atoms with Crippen LogP contribution in [-0.2, 0) is 4.79 Å². The molecule has 0 saturated heterocycles. The van der Waals surface area contributed by atoms with Gasteiger partial charge in [0.2, 0.25) is 0 Å². The molecular weight excluding hydrogens is 353 g/mol. The Morgan fingerprint density at radius 1 is 1.37 bits per heavy atom. The van der Waals surface area contributed by atoms with Crippen LogP contribution in [0.3, 0.4) is 0 Å². The van der Waals surface area contributed by atoms with Gasteiger partial charge in [-0.05, 0) is 65.6 Å². The third-order valence-electron chi connectivity index (χ3n) is 3.49. The first-order valence-electron chi connectivity index (χ1n) is 6.81. The smallest absolute Gasteiger partial charge is 0.258 e. The number of benzene rings is 1. The molecule has 1 amide bonds. The maximum Gasteiger partial charge on any atom is 0.258 e. The number of halogens is 1. The molecule has 4 heteroatoms. The summed E-state index contributed by atoms with van der Waals surface area (Å²) in [4.78, 5) is 11.8. The second-order valence-corrected chi connectivity index (χ2v) is 6.52. The van der Waals surface area contributed by atoms with Crippen molar-refractivity contribution in [1.29, 1.82) is 0 Å². The van der Waals surface area contributed by atoms with Crippen molar-refractivity contribution < 1.29 is 9.53 Å². The van der Waals surface area contributed by atoms with Gasteiger partial charge in [0.1, 0.15) is 5.75 Å². The van der Waals surface area contributed by atoms with Gasteiger partial charge in [0, 0.05) is 9.61 Å². The van der Waals surface area contributed by atoms with E-state index in [4.69, 9.17) is 4.74 Å². The summed E-state index contributed by atoms with van der Waals surface area (Å²) in [5, 5.41) is 3.07. The lowest BCUT2D eigenvalue weighted by Gasteiger charge is -2.27. The minimum Gasteiger partial charge on any atom is -0.484 e. The maximum absolute atomic E-state index is 11.8. The normalized spacial score (nSPS) is 22.8. The van der Waals surface area contributed by atoms with Gasteiger partial charge in [-0.2, -0.15) is 0 Å². The number of rotatable bonds is 4. The standard InChI is InChI=1S/C15H20INO2/c1-11-3-2-4-13(9-11)17-15(18)10-19-14-7-5-12(16)6-8-14/h5-8,11,13H,2-4,9-10H2,1H3,(H,17,18). The first-order chi connectivity index (χ1) is 9.13. The molecule has 0 aromatic heterocycles. The van der Waals surface area contributed by atoms with Crippen LogP contribution in [0.1, 0.15) is 32.6 Å². The van der Waals surface area contributed by atoms with Crippen molar-refractivity contribution in [2.75, 3.05) is 6.61 Å². The molecule has 0 radical (unpaired) electrons. The van der Waals surface area contributed by atoms with E-state index in [2.05, 4.69) is 34.8 Å². The zero-order chi connectivity index (χ0) is 13.7. The Labute approximate surface area is 128 Å². The maximum atomic E-state index is 11.8. The van der Waals surface area contributed by atoms with Gasteiger partial charge in [-0.25, -0.2) is 0 Å². The van der Waals surface area contributed by atoms with Crippen molar-refractivity contribution in [3.8, 4) is 5.75 Å². The van der Waals surface area contributed by atoms with Crippen molar-refractivity contribution in [3.05, 3.63) is 27.8 Å². The highest BCUT2D eigenvalue weighted by Gasteiger charge is 2.20. The van der Waals surface area contributed by atoms with E-state index < -0.39 is 0 Å². The highest BCUT2D eigenvalue weighted by atomic mass is 127. The van der Waals surface area contributed by atoms with E-state index in [0.717, 1.165) is 28.1 Å². The van der Waals surface area contributed by atoms with Crippen LogP contribution in [0.25, 0.3) is 0 Å². The summed E-state index contributed by atoms with van der Waals surface area (Å²) in [7, 11) is 0. The van der Waals surface area contributed by atoms with Gasteiger partial charge in [-0.1, -0.05) is 19.8 Å². The molecule has 1 N–H and O–H groups in total. The van der Waals surface area contributed by atoms with Crippen LogP contribution in [0, 0.1) is 9.49 Å². The zero-order valence-corrected chi connectivity index (χ0v) is 13.4. The predicted octanol–water partition coefficient (Wildman–Crippen LogP) is 3.36. The Morgan fingerprint density at radius 3 is 2.79 bits per heavy atom. The highest BCUT2D eigenvalue weighted by molar-refractivity contribution is 14.1. The second kappa shape index (κ2) is 7.12. The highest BCUT2D eigenvalue weighted by Crippen LogP contribution is 2.23. The lowest BCUT2D eigenvalue weighted by molar-refractivity contribution is -0.124. The molecule has 1 aromatic carbocycles. The SMILES string of the molecule is CC1CCCC(NC(=O)COc2ccc(I)cc2)C1. The molecule has 0 aliphatic heterocycles. The van der Waals surface area contributed by atoms with E-state index in [-0.39, 0.29) is 12.5 Å². The Morgan fingerprint density at radius 2 is 2.11 bits per heavy atom. The molecule has 1 aromatic rings. The predicted molar refractivity (Wildman–Crippen MR) is 84.2 cm³/mol. The van der Waals surface area contributed by atoms with E-state index in [0.29, 0.717) is 6.04 Å². The van der Waals surface area contributed by atoms with Crippen LogP contribution < -0.4 is 10.1 Å². The fourth-order valence-corrected chi connectivity index (χ4v) is 2.87. The quantitative estimate of drug-likeness (QED) is 0.822. The summed E-state index contributed by atoms with van der Waals surface area (Å²) in [5.41, 5.74) is 0. The molecule has 1 aliphatic rings. The fraction of sp³-hybridized carbons (Fsp3) is 0.533. The first-order valence-corrected chi connectivity index (χ1v) is 7.89. The topological polar surface area (TPSA) is 38.3 Å². The molecule has 0 spiro atoms. The van der Waals surface area contributed by atoms with Gasteiger partial charge in [0.05, 0.1) is 0 Å². The molecule has 2 unspecified atom stereocenters. The van der Waals surface area contributed by atoms with E-state index in [9.17, 15) is 4.79 Å². The van der Waals surface area contributed by atoms with Crippen LogP contribution >= 0.6 is 22.6 Å². The molecule has 104 valence electrons. The zero-order valence-electron chi connectivity index (χ0n) is 11.2.